The molecule has 0 aromatic heterocycles. The monoisotopic (exact) mass is 177 g/mol. The summed E-state index contributed by atoms with van der Waals surface area (Å²) in [5.41, 5.74) is 4.20. The number of hydrogen-bond acceptors (Lipinski definition) is 2. The second kappa shape index (κ2) is 3.38. The molecule has 1 aromatic rings. The van der Waals surface area contributed by atoms with Crippen LogP contribution in [0.3, 0.4) is 0 Å². The van der Waals surface area contributed by atoms with Crippen LogP contribution >= 0.6 is 0 Å². The smallest absolute Gasteiger partial charge is 0.123 e. The summed E-state index contributed by atoms with van der Waals surface area (Å²) in [7, 11) is 1.74. The number of fused-ring (bicyclic) bond motifs is 1. The highest BCUT2D eigenvalue weighted by molar-refractivity contribution is 5.45. The van der Waals surface area contributed by atoms with Crippen molar-refractivity contribution in [2.75, 3.05) is 13.7 Å². The van der Waals surface area contributed by atoms with Crippen molar-refractivity contribution in [2.24, 2.45) is 0 Å². The van der Waals surface area contributed by atoms with Crippen LogP contribution in [0.15, 0.2) is 12.1 Å². The molecule has 0 aliphatic carbocycles. The molecule has 0 saturated heterocycles. The Balaban J connectivity index is 2.52. The Morgan fingerprint density at radius 1 is 1.31 bits per heavy atom. The molecule has 2 rings (SSSR count). The molecule has 0 unspecified atom stereocenters. The lowest BCUT2D eigenvalue weighted by Crippen LogP contribution is -2.24. The van der Waals surface area contributed by atoms with Crippen LogP contribution in [-0.4, -0.2) is 13.7 Å². The van der Waals surface area contributed by atoms with E-state index in [-0.39, 0.29) is 0 Å². The minimum absolute atomic E-state index is 0.945. The molecule has 1 aliphatic rings. The summed E-state index contributed by atoms with van der Waals surface area (Å²) in [6, 6.07) is 4.20. The molecule has 0 spiro atoms. The maximum atomic E-state index is 5.33. The Morgan fingerprint density at radius 2 is 2.15 bits per heavy atom. The van der Waals surface area contributed by atoms with E-state index in [0.29, 0.717) is 0 Å². The number of rotatable bonds is 1. The normalized spacial score (nSPS) is 15.2. The second-order valence-corrected chi connectivity index (χ2v) is 3.47. The van der Waals surface area contributed by atoms with Gasteiger partial charge in [-0.3, -0.25) is 0 Å². The Hall–Kier alpha value is -1.02. The molecule has 2 heteroatoms. The van der Waals surface area contributed by atoms with E-state index in [0.717, 1.165) is 25.3 Å². The number of nitrogens with one attached hydrogen (secondary N) is 1. The summed E-state index contributed by atoms with van der Waals surface area (Å²) in [6.45, 7) is 4.20. The van der Waals surface area contributed by atoms with Gasteiger partial charge in [-0.05, 0) is 37.1 Å². The molecule has 0 atom stereocenters. The molecule has 1 aliphatic heterocycles. The molecule has 13 heavy (non-hydrogen) atoms. The highest BCUT2D eigenvalue weighted by Gasteiger charge is 2.14. The quantitative estimate of drug-likeness (QED) is 0.704. The van der Waals surface area contributed by atoms with Crippen molar-refractivity contribution in [1.29, 1.82) is 0 Å². The average molecular weight is 177 g/mol. The van der Waals surface area contributed by atoms with Crippen molar-refractivity contribution in [3.05, 3.63) is 28.8 Å². The molecular weight excluding hydrogens is 162 g/mol. The van der Waals surface area contributed by atoms with Crippen LogP contribution < -0.4 is 10.1 Å². The summed E-state index contributed by atoms with van der Waals surface area (Å²) in [5, 5.41) is 3.36. The molecule has 0 radical (unpaired) electrons. The van der Waals surface area contributed by atoms with Crippen LogP contribution in [0, 0.1) is 6.92 Å². The Labute approximate surface area is 78.9 Å². The van der Waals surface area contributed by atoms with Crippen LogP contribution in [0.5, 0.6) is 5.75 Å². The van der Waals surface area contributed by atoms with Gasteiger partial charge in [0.2, 0.25) is 0 Å². The van der Waals surface area contributed by atoms with Gasteiger partial charge in [-0.25, -0.2) is 0 Å². The SMILES string of the molecule is COc1ccc(C)c2c1CNCC2. The van der Waals surface area contributed by atoms with Crippen molar-refractivity contribution in [1.82, 2.24) is 5.32 Å². The van der Waals surface area contributed by atoms with E-state index in [2.05, 4.69) is 24.4 Å². The first-order valence-electron chi connectivity index (χ1n) is 4.69. The molecule has 0 saturated carbocycles. The number of methoxy groups -OCH3 is 1. The Kier molecular flexibility index (Phi) is 2.23. The summed E-state index contributed by atoms with van der Waals surface area (Å²) >= 11 is 0. The van der Waals surface area contributed by atoms with Crippen LogP contribution in [0.4, 0.5) is 0 Å². The first-order chi connectivity index (χ1) is 6.33. The number of benzene rings is 1. The molecule has 0 fully saturated rings. The van der Waals surface area contributed by atoms with E-state index in [1.165, 1.54) is 16.7 Å². The number of aryl methyl sites for hydroxylation is 1. The van der Waals surface area contributed by atoms with E-state index < -0.39 is 0 Å². The zero-order chi connectivity index (χ0) is 9.26. The second-order valence-electron chi connectivity index (χ2n) is 3.47. The lowest BCUT2D eigenvalue weighted by Gasteiger charge is -2.21. The zero-order valence-corrected chi connectivity index (χ0v) is 8.18. The van der Waals surface area contributed by atoms with Crippen LogP contribution in [0.1, 0.15) is 16.7 Å². The lowest BCUT2D eigenvalue weighted by molar-refractivity contribution is 0.404. The topological polar surface area (TPSA) is 21.3 Å². The standard InChI is InChI=1S/C11H15NO/c1-8-3-4-11(13-2)10-7-12-6-5-9(8)10/h3-4,12H,5-7H2,1-2H3. The fourth-order valence-corrected chi connectivity index (χ4v) is 1.95. The van der Waals surface area contributed by atoms with Crippen molar-refractivity contribution in [2.45, 2.75) is 19.9 Å². The molecule has 0 amide bonds. The third-order valence-electron chi connectivity index (χ3n) is 2.70. The van der Waals surface area contributed by atoms with Gasteiger partial charge in [0, 0.05) is 12.1 Å². The minimum Gasteiger partial charge on any atom is -0.496 e. The van der Waals surface area contributed by atoms with Gasteiger partial charge >= 0.3 is 0 Å². The summed E-state index contributed by atoms with van der Waals surface area (Å²) in [6.07, 6.45) is 1.12. The average Bonchev–Trinajstić information content (AvgIpc) is 2.19. The fourth-order valence-electron chi connectivity index (χ4n) is 1.95. The van der Waals surface area contributed by atoms with Crippen LogP contribution in [0.2, 0.25) is 0 Å². The lowest BCUT2D eigenvalue weighted by atomic mass is 9.95. The first kappa shape index (κ1) is 8.57. The number of ether oxygens (including phenoxy) is 1. The molecule has 1 aromatic carbocycles. The van der Waals surface area contributed by atoms with Gasteiger partial charge in [0.1, 0.15) is 5.75 Å². The van der Waals surface area contributed by atoms with Gasteiger partial charge in [-0.2, -0.15) is 0 Å². The predicted octanol–water partition coefficient (Wildman–Crippen LogP) is 1.65. The van der Waals surface area contributed by atoms with E-state index >= 15 is 0 Å². The van der Waals surface area contributed by atoms with Gasteiger partial charge in [-0.1, -0.05) is 6.07 Å². The van der Waals surface area contributed by atoms with E-state index in [1.807, 2.05) is 0 Å². The predicted molar refractivity (Wildman–Crippen MR) is 53.1 cm³/mol. The summed E-state index contributed by atoms with van der Waals surface area (Å²) < 4.78 is 5.33. The first-order valence-corrected chi connectivity index (χ1v) is 4.69. The third kappa shape index (κ3) is 1.42. The third-order valence-corrected chi connectivity index (χ3v) is 2.70. The molecule has 1 heterocycles. The largest absolute Gasteiger partial charge is 0.496 e. The van der Waals surface area contributed by atoms with Crippen molar-refractivity contribution < 1.29 is 4.74 Å². The van der Waals surface area contributed by atoms with E-state index in [9.17, 15) is 0 Å². The maximum absolute atomic E-state index is 5.33. The van der Waals surface area contributed by atoms with Gasteiger partial charge in [0.05, 0.1) is 7.11 Å². The van der Waals surface area contributed by atoms with Gasteiger partial charge in [0.15, 0.2) is 0 Å². The highest BCUT2D eigenvalue weighted by Crippen LogP contribution is 2.27. The van der Waals surface area contributed by atoms with E-state index in [1.54, 1.807) is 7.11 Å². The van der Waals surface area contributed by atoms with Gasteiger partial charge in [0.25, 0.3) is 0 Å². The molecular formula is C11H15NO. The maximum Gasteiger partial charge on any atom is 0.123 e. The summed E-state index contributed by atoms with van der Waals surface area (Å²) in [4.78, 5) is 0. The fraction of sp³-hybridized carbons (Fsp3) is 0.455. The van der Waals surface area contributed by atoms with Gasteiger partial charge in [-0.15, -0.1) is 0 Å². The molecule has 2 nitrogen and oxygen atoms in total. The molecule has 0 bridgehead atoms. The Morgan fingerprint density at radius 3 is 2.92 bits per heavy atom. The van der Waals surface area contributed by atoms with Crippen LogP contribution in [0.25, 0.3) is 0 Å². The van der Waals surface area contributed by atoms with Crippen molar-refractivity contribution >= 4 is 0 Å². The Bertz CT molecular complexity index is 320. The van der Waals surface area contributed by atoms with Crippen molar-refractivity contribution in [3.63, 3.8) is 0 Å². The van der Waals surface area contributed by atoms with Crippen LogP contribution in [-0.2, 0) is 13.0 Å². The molecule has 70 valence electrons. The molecule has 1 N–H and O–H groups in total. The van der Waals surface area contributed by atoms with Gasteiger partial charge < -0.3 is 10.1 Å². The zero-order valence-electron chi connectivity index (χ0n) is 8.18. The number of hydrogen-bond donors (Lipinski definition) is 1. The van der Waals surface area contributed by atoms with Crippen molar-refractivity contribution in [3.8, 4) is 5.75 Å². The van der Waals surface area contributed by atoms with E-state index in [4.69, 9.17) is 4.74 Å². The minimum atomic E-state index is 0.945. The summed E-state index contributed by atoms with van der Waals surface area (Å²) in [5.74, 6) is 1.02. The highest BCUT2D eigenvalue weighted by atomic mass is 16.5.